The van der Waals surface area contributed by atoms with E-state index in [1.807, 2.05) is 11.6 Å². The molecule has 1 saturated carbocycles. The molecule has 1 saturated heterocycles. The average Bonchev–Trinajstić information content (AvgIpc) is 3.65. The van der Waals surface area contributed by atoms with Gasteiger partial charge in [0.05, 0.1) is 28.5 Å². The number of likely N-dealkylation sites (tertiary alicyclic amines) is 1. The predicted octanol–water partition coefficient (Wildman–Crippen LogP) is 5.69. The van der Waals surface area contributed by atoms with Crippen molar-refractivity contribution in [3.63, 3.8) is 0 Å². The Morgan fingerprint density at radius 2 is 1.72 bits per heavy atom. The van der Waals surface area contributed by atoms with E-state index in [9.17, 15) is 22.0 Å². The lowest BCUT2D eigenvalue weighted by atomic mass is 9.95. The highest BCUT2D eigenvalue weighted by Crippen LogP contribution is 2.45. The number of piperidine rings is 1. The maximum atomic E-state index is 14.7. The summed E-state index contributed by atoms with van der Waals surface area (Å²) in [5.41, 5.74) is 1.27. The van der Waals surface area contributed by atoms with Gasteiger partial charge in [0.2, 0.25) is 10.0 Å². The van der Waals surface area contributed by atoms with Crippen molar-refractivity contribution in [2.24, 2.45) is 5.92 Å². The molecule has 0 bridgehead atoms. The minimum Gasteiger partial charge on any atom is -0.493 e. The Kier molecular flexibility index (Phi) is 8.14. The van der Waals surface area contributed by atoms with E-state index in [4.69, 9.17) is 27.9 Å². The monoisotopic (exact) mass is 560 g/mol. The average molecular weight is 561 g/mol. The van der Waals surface area contributed by atoms with Crippen molar-refractivity contribution in [1.82, 2.24) is 9.62 Å². The van der Waals surface area contributed by atoms with E-state index in [-0.39, 0.29) is 33.5 Å². The molecule has 6 nitrogen and oxygen atoms in total. The predicted molar refractivity (Wildman–Crippen MR) is 135 cm³/mol. The van der Waals surface area contributed by atoms with Gasteiger partial charge in [-0.25, -0.2) is 21.9 Å². The third-order valence-electron chi connectivity index (χ3n) is 6.80. The van der Waals surface area contributed by atoms with E-state index in [0.717, 1.165) is 56.2 Å². The maximum Gasteiger partial charge on any atom is 0.267 e. The molecule has 1 amide bonds. The smallest absolute Gasteiger partial charge is 0.267 e. The molecule has 1 atom stereocenters. The van der Waals surface area contributed by atoms with Gasteiger partial charge < -0.3 is 4.74 Å². The first-order valence-corrected chi connectivity index (χ1v) is 14.4. The van der Waals surface area contributed by atoms with Crippen LogP contribution in [-0.4, -0.2) is 45.2 Å². The van der Waals surface area contributed by atoms with Gasteiger partial charge in [-0.2, -0.15) is 0 Å². The number of ether oxygens (including phenoxy) is 1. The number of nitrogens with one attached hydrogen (secondary N) is 1. The van der Waals surface area contributed by atoms with Crippen LogP contribution in [0.25, 0.3) is 0 Å². The zero-order valence-electron chi connectivity index (χ0n) is 20.0. The Balaban J connectivity index is 1.38. The van der Waals surface area contributed by atoms with Crippen LogP contribution < -0.4 is 9.46 Å². The van der Waals surface area contributed by atoms with Gasteiger partial charge >= 0.3 is 0 Å². The summed E-state index contributed by atoms with van der Waals surface area (Å²) >= 11 is 11.9. The number of rotatable bonds is 8. The van der Waals surface area contributed by atoms with Crippen LogP contribution in [0.2, 0.25) is 10.0 Å². The van der Waals surface area contributed by atoms with Gasteiger partial charge in [-0.1, -0.05) is 23.2 Å². The van der Waals surface area contributed by atoms with Crippen LogP contribution in [0.15, 0.2) is 24.3 Å². The molecule has 0 aromatic heterocycles. The van der Waals surface area contributed by atoms with Crippen molar-refractivity contribution in [2.45, 2.75) is 44.6 Å². The normalized spacial score (nSPS) is 18.2. The summed E-state index contributed by atoms with van der Waals surface area (Å²) in [6.07, 6.45) is 4.38. The highest BCUT2D eigenvalue weighted by Gasteiger charge is 2.31. The molecule has 4 rings (SSSR count). The van der Waals surface area contributed by atoms with Gasteiger partial charge in [-0.3, -0.25) is 9.69 Å². The van der Waals surface area contributed by atoms with Crippen LogP contribution in [0.3, 0.4) is 0 Å². The van der Waals surface area contributed by atoms with Gasteiger partial charge in [0.25, 0.3) is 5.91 Å². The molecule has 36 heavy (non-hydrogen) atoms. The summed E-state index contributed by atoms with van der Waals surface area (Å²) in [5.74, 6) is -1.60. The summed E-state index contributed by atoms with van der Waals surface area (Å²) in [5, 5.41) is 0.0114. The number of benzene rings is 2. The lowest BCUT2D eigenvalue weighted by Crippen LogP contribution is -2.37. The Bertz CT molecular complexity index is 1240. The minimum atomic E-state index is -3.81. The van der Waals surface area contributed by atoms with Crippen LogP contribution in [0.1, 0.15) is 66.1 Å². The van der Waals surface area contributed by atoms with E-state index >= 15 is 0 Å². The largest absolute Gasteiger partial charge is 0.493 e. The zero-order chi connectivity index (χ0) is 26.2. The molecule has 2 aromatic rings. The van der Waals surface area contributed by atoms with Crippen LogP contribution in [0.4, 0.5) is 8.78 Å². The number of carbonyl (C=O) groups excluding carboxylic acids is 1. The number of halogens is 4. The van der Waals surface area contributed by atoms with E-state index in [2.05, 4.69) is 4.90 Å². The van der Waals surface area contributed by atoms with Gasteiger partial charge in [-0.15, -0.1) is 0 Å². The molecule has 1 heterocycles. The molecule has 1 N–H and O–H groups in total. The summed E-state index contributed by atoms with van der Waals surface area (Å²) in [7, 11) is -3.81. The highest BCUT2D eigenvalue weighted by atomic mass is 35.5. The third-order valence-corrected chi connectivity index (χ3v) is 7.91. The Morgan fingerprint density at radius 1 is 1.11 bits per heavy atom. The first-order chi connectivity index (χ1) is 16.9. The SMILES string of the molecule is C[C@H](c1cc(Cl)c(F)c(Cl)c1)N1CCC(COc2cc(F)c(C(=O)NS(C)(=O)=O)cc2C2CC2)CC1. The molecule has 2 fully saturated rings. The van der Waals surface area contributed by atoms with Gasteiger partial charge in [0.1, 0.15) is 11.6 Å². The lowest BCUT2D eigenvalue weighted by Gasteiger charge is -2.36. The molecule has 1 aliphatic carbocycles. The first kappa shape index (κ1) is 27.1. The van der Waals surface area contributed by atoms with Crippen molar-refractivity contribution in [1.29, 1.82) is 0 Å². The van der Waals surface area contributed by atoms with Crippen molar-refractivity contribution < 1.29 is 26.7 Å². The first-order valence-electron chi connectivity index (χ1n) is 11.8. The van der Waals surface area contributed by atoms with E-state index in [1.54, 1.807) is 12.1 Å². The number of hydrogen-bond donors (Lipinski definition) is 1. The Hall–Kier alpha value is -1.94. The summed E-state index contributed by atoms with van der Waals surface area (Å²) < 4.78 is 59.1. The van der Waals surface area contributed by atoms with Gasteiger partial charge in [0.15, 0.2) is 5.82 Å². The zero-order valence-corrected chi connectivity index (χ0v) is 22.3. The summed E-state index contributed by atoms with van der Waals surface area (Å²) in [6.45, 7) is 4.04. The molecule has 1 aliphatic heterocycles. The van der Waals surface area contributed by atoms with Crippen LogP contribution >= 0.6 is 23.2 Å². The molecule has 0 spiro atoms. The molecule has 196 valence electrons. The lowest BCUT2D eigenvalue weighted by molar-refractivity contribution is 0.0977. The second kappa shape index (κ2) is 10.8. The Labute approximate surface area is 220 Å². The van der Waals surface area contributed by atoms with Crippen LogP contribution in [0, 0.1) is 17.6 Å². The number of nitrogens with zero attached hydrogens (tertiary/aromatic N) is 1. The quantitative estimate of drug-likeness (QED) is 0.420. The number of hydrogen-bond acceptors (Lipinski definition) is 5. The molecule has 0 radical (unpaired) electrons. The second-order valence-corrected chi connectivity index (χ2v) is 12.2. The molecular weight excluding hydrogens is 533 g/mol. The maximum absolute atomic E-state index is 14.7. The fourth-order valence-corrected chi connectivity index (χ4v) is 5.50. The fraction of sp³-hybridized carbons (Fsp3) is 0.480. The standard InChI is InChI=1S/C25H28Cl2F2N2O4S/c1-14(17-9-20(26)24(29)21(27)10-17)31-7-5-15(6-8-31)13-35-23-12-22(28)19(11-18(23)16-3-4-16)25(32)30-36(2,33)34/h9-12,14-16H,3-8,13H2,1-2H3,(H,30,32)/t14-/m1/s1. The highest BCUT2D eigenvalue weighted by molar-refractivity contribution is 7.89. The molecule has 2 aromatic carbocycles. The third kappa shape index (κ3) is 6.49. The minimum absolute atomic E-state index is 0.00570. The van der Waals surface area contributed by atoms with Crippen molar-refractivity contribution >= 4 is 39.1 Å². The summed E-state index contributed by atoms with van der Waals surface area (Å²) in [4.78, 5) is 14.5. The number of sulfonamides is 1. The number of carbonyl (C=O) groups is 1. The van der Waals surface area contributed by atoms with E-state index in [0.29, 0.717) is 12.4 Å². The molecular formula is C25H28Cl2F2N2O4S. The van der Waals surface area contributed by atoms with E-state index in [1.165, 1.54) is 12.1 Å². The van der Waals surface area contributed by atoms with Crippen LogP contribution in [-0.2, 0) is 10.0 Å². The van der Waals surface area contributed by atoms with Crippen molar-refractivity contribution in [3.8, 4) is 5.75 Å². The van der Waals surface area contributed by atoms with Crippen molar-refractivity contribution in [3.05, 3.63) is 62.6 Å². The molecule has 11 heteroatoms. The molecule has 2 aliphatic rings. The van der Waals surface area contributed by atoms with Crippen molar-refractivity contribution in [2.75, 3.05) is 26.0 Å². The topological polar surface area (TPSA) is 75.7 Å². The fourth-order valence-electron chi connectivity index (χ4n) is 4.55. The van der Waals surface area contributed by atoms with Crippen LogP contribution in [0.5, 0.6) is 5.75 Å². The van der Waals surface area contributed by atoms with Gasteiger partial charge in [0, 0.05) is 12.1 Å². The van der Waals surface area contributed by atoms with Gasteiger partial charge in [-0.05, 0) is 86.9 Å². The summed E-state index contributed by atoms with van der Waals surface area (Å²) in [6, 6.07) is 5.83. The molecule has 0 unspecified atom stereocenters. The second-order valence-electron chi connectivity index (χ2n) is 9.61. The number of amides is 1. The Morgan fingerprint density at radius 3 is 2.28 bits per heavy atom. The van der Waals surface area contributed by atoms with E-state index < -0.39 is 27.6 Å².